The minimum atomic E-state index is -2.72. The lowest BCUT2D eigenvalue weighted by atomic mass is 9.97. The molecule has 3 fully saturated rings. The first-order chi connectivity index (χ1) is 49.3. The van der Waals surface area contributed by atoms with E-state index in [1.807, 2.05) is 20.8 Å². The largest absolute Gasteiger partial charge is 0.394 e. The van der Waals surface area contributed by atoms with Crippen LogP contribution in [0, 0.1) is 0 Å². The molecule has 33 nitrogen and oxygen atoms in total. The van der Waals surface area contributed by atoms with Gasteiger partial charge in [-0.05, 0) is 96.3 Å². The zero-order valence-electron chi connectivity index (χ0n) is 61.9. The maximum atomic E-state index is 14.5. The highest BCUT2D eigenvalue weighted by Gasteiger charge is 2.48. The molecule has 7 amide bonds. The van der Waals surface area contributed by atoms with E-state index < -0.39 is 166 Å². The summed E-state index contributed by atoms with van der Waals surface area (Å²) in [7, 11) is -2.72. The van der Waals surface area contributed by atoms with E-state index in [-0.39, 0.29) is 108 Å². The second kappa shape index (κ2) is 50.8. The van der Waals surface area contributed by atoms with Gasteiger partial charge >= 0.3 is 0 Å². The summed E-state index contributed by atoms with van der Waals surface area (Å²) in [6.45, 7) is 8.81. The van der Waals surface area contributed by atoms with Crippen LogP contribution in [0.2, 0.25) is 0 Å². The van der Waals surface area contributed by atoms with Crippen molar-refractivity contribution < 1.29 is 127 Å². The Kier molecular flexibility index (Phi) is 45.6. The normalized spacial score (nSPS) is 26.1. The fraction of sp³-hybridized carbons (Fsp3) is 0.857. The molecule has 1 unspecified atom stereocenters. The minimum absolute atomic E-state index is 0.0289. The standard InChI is InChI=1S/C70H126N7O26P/c1-44(81)73-57-63(92)60(89)51(41-78)101-67(57)97-37-24-18-28-47(84)27-13-12-14-30-49(76-56(88)34-20-26-39-99-69-59(75-46(3)83)65(94)62(91)53(43-80)103-69)66(95)77-48(50(85)31-15-8-9-16-32-54(86)71-35-21-10-11-23-40-100-104(7,96)70(4,5)6)29-17-22-36-72-55(87)33-19-25-38-98-68-58(74-45(2)82)64(93)61(90)52(42-79)102-68/h48-49,51-53,57-65,67-69,78-80,89-94,96H,7-43H2,1-6H3,(H,71,86)(H,72,87)(H,73,81)(H,74,82)(H,75,83)(H,76,88)(H,77,95)/t48-,49-,51+,52+,53+,57+,58+,59+,60-,61-,62-,63+,64+,65+,67+,68+,69+,104?/m0/s1. The second-order valence-electron chi connectivity index (χ2n) is 28.3. The van der Waals surface area contributed by atoms with Crippen LogP contribution < -0.4 is 37.2 Å². The molecule has 18 atom stereocenters. The molecule has 0 aromatic heterocycles. The number of unbranched alkanes of at least 4 members (excludes halogenated alkanes) is 12. The number of hydrogen-bond donors (Lipinski definition) is 17. The smallest absolute Gasteiger partial charge is 0.243 e. The van der Waals surface area contributed by atoms with Gasteiger partial charge in [-0.15, -0.1) is 0 Å². The van der Waals surface area contributed by atoms with Crippen LogP contribution in [0.4, 0.5) is 0 Å². The maximum absolute atomic E-state index is 14.5. The Morgan fingerprint density at radius 2 is 0.760 bits per heavy atom. The molecular formula is C70H126N7O26P. The number of nitrogens with one attached hydrogen (secondary N) is 7. The minimum Gasteiger partial charge on any atom is -0.394 e. The zero-order chi connectivity index (χ0) is 77.4. The number of aliphatic hydroxyl groups is 9. The lowest BCUT2D eigenvalue weighted by Crippen LogP contribution is -2.64. The Morgan fingerprint density at radius 3 is 1.18 bits per heavy atom. The SMILES string of the molecule is C=P(O)(OCCCCCCNC(=O)CCCCCCC(=O)[C@H](CCCCNC(=O)CCCCO[C@@H]1O[C@H](CO)[C@H](O)[C@H](O)[C@H]1NC(C)=O)NC(=O)[C@H](CCCCCC(=O)CCCCO[C@@H]1O[C@H](CO)[C@H](O)[C@H](O)[C@H]1NC(C)=O)NC(=O)CCCCO[C@@H]1O[C@H](CO)[C@H](O)[C@H](O)[C@H]1NC(C)=O)C(C)(C)C. The van der Waals surface area contributed by atoms with E-state index in [0.717, 1.165) is 25.7 Å². The van der Waals surface area contributed by atoms with E-state index in [9.17, 15) is 94.0 Å². The molecule has 0 saturated carbocycles. The molecule has 602 valence electrons. The Labute approximate surface area is 611 Å². The van der Waals surface area contributed by atoms with Gasteiger partial charge in [0, 0.05) is 97.4 Å². The molecule has 0 aromatic carbocycles. The van der Waals surface area contributed by atoms with E-state index in [4.69, 9.17) is 32.9 Å². The molecule has 34 heteroatoms. The first kappa shape index (κ1) is 93.5. The quantitative estimate of drug-likeness (QED) is 0.0278. The fourth-order valence-electron chi connectivity index (χ4n) is 11.9. The van der Waals surface area contributed by atoms with Gasteiger partial charge < -0.3 is 121 Å². The molecule has 0 radical (unpaired) electrons. The summed E-state index contributed by atoms with van der Waals surface area (Å²) in [5, 5.41) is 110. The molecule has 3 aliphatic rings. The average Bonchev–Trinajstić information content (AvgIpc) is 0.365. The monoisotopic (exact) mass is 1510 g/mol. The van der Waals surface area contributed by atoms with E-state index >= 15 is 0 Å². The molecule has 0 spiro atoms. The molecule has 3 aliphatic heterocycles. The molecule has 0 aliphatic carbocycles. The topological polar surface area (TPSA) is 505 Å². The van der Waals surface area contributed by atoms with Crippen molar-refractivity contribution in [3.8, 4) is 0 Å². The highest BCUT2D eigenvalue weighted by atomic mass is 31.2. The first-order valence-electron chi connectivity index (χ1n) is 37.2. The Bertz CT molecular complexity index is 2610. The number of rotatable bonds is 54. The Morgan fingerprint density at radius 1 is 0.423 bits per heavy atom. The van der Waals surface area contributed by atoms with E-state index in [0.29, 0.717) is 103 Å². The third-order valence-electron chi connectivity index (χ3n) is 18.4. The summed E-state index contributed by atoms with van der Waals surface area (Å²) < 4.78 is 39.9. The van der Waals surface area contributed by atoms with Crippen molar-refractivity contribution in [1.29, 1.82) is 0 Å². The van der Waals surface area contributed by atoms with Crippen molar-refractivity contribution in [2.24, 2.45) is 0 Å². The summed E-state index contributed by atoms with van der Waals surface area (Å²) in [5.74, 6) is -3.25. The average molecular weight is 1510 g/mol. The van der Waals surface area contributed by atoms with Crippen LogP contribution in [-0.2, 0) is 76.1 Å². The van der Waals surface area contributed by atoms with Gasteiger partial charge in [-0.25, -0.2) is 0 Å². The third kappa shape index (κ3) is 35.5. The van der Waals surface area contributed by atoms with Crippen molar-refractivity contribution in [3.05, 3.63) is 0 Å². The molecule has 3 rings (SSSR count). The van der Waals surface area contributed by atoms with Gasteiger partial charge in [0.15, 0.2) is 24.7 Å². The van der Waals surface area contributed by atoms with Crippen LogP contribution >= 0.6 is 7.34 Å². The summed E-state index contributed by atoms with van der Waals surface area (Å²) in [4.78, 5) is 127. The van der Waals surface area contributed by atoms with Crippen molar-refractivity contribution in [2.45, 2.75) is 324 Å². The molecule has 0 bridgehead atoms. The van der Waals surface area contributed by atoms with Gasteiger partial charge in [0.05, 0.1) is 32.5 Å². The molecule has 0 aromatic rings. The number of hydrogen-bond acceptors (Lipinski definition) is 26. The molecule has 104 heavy (non-hydrogen) atoms. The van der Waals surface area contributed by atoms with Gasteiger partial charge in [0.1, 0.15) is 92.2 Å². The number of ketones is 2. The van der Waals surface area contributed by atoms with Gasteiger partial charge in [-0.3, -0.25) is 43.2 Å². The second-order valence-corrected chi connectivity index (χ2v) is 31.3. The maximum Gasteiger partial charge on any atom is 0.243 e. The number of Topliss-reactive ketones (excluding diaryl/α,β-unsaturated/α-hetero) is 2. The van der Waals surface area contributed by atoms with E-state index in [1.54, 1.807) is 0 Å². The summed E-state index contributed by atoms with van der Waals surface area (Å²) in [5.41, 5.74) is 0. The molecular weight excluding hydrogens is 1390 g/mol. The van der Waals surface area contributed by atoms with Gasteiger partial charge in [0.2, 0.25) is 41.4 Å². The molecule has 3 heterocycles. The van der Waals surface area contributed by atoms with Crippen LogP contribution in [0.1, 0.15) is 215 Å². The van der Waals surface area contributed by atoms with Crippen molar-refractivity contribution in [1.82, 2.24) is 37.2 Å². The highest BCUT2D eigenvalue weighted by Crippen LogP contribution is 2.54. The first-order valence-corrected chi connectivity index (χ1v) is 39.0. The number of aliphatic hydroxyl groups excluding tert-OH is 9. The van der Waals surface area contributed by atoms with E-state index in [2.05, 4.69) is 43.5 Å². The highest BCUT2D eigenvalue weighted by molar-refractivity contribution is 7.65. The number of amides is 7. The van der Waals surface area contributed by atoms with Crippen LogP contribution in [0.5, 0.6) is 0 Å². The number of ether oxygens (including phenoxy) is 6. The Balaban J connectivity index is 1.64. The van der Waals surface area contributed by atoms with Crippen LogP contribution in [0.25, 0.3) is 0 Å². The lowest BCUT2D eigenvalue weighted by Gasteiger charge is -2.42. The zero-order valence-corrected chi connectivity index (χ0v) is 62.8. The van der Waals surface area contributed by atoms with Crippen LogP contribution in [0.3, 0.4) is 0 Å². The molecule has 17 N–H and O–H groups in total. The Hall–Kier alpha value is -4.75. The van der Waals surface area contributed by atoms with Gasteiger partial charge in [-0.2, -0.15) is 0 Å². The van der Waals surface area contributed by atoms with E-state index in [1.165, 1.54) is 20.8 Å². The number of carbonyl (C=O) groups is 9. The predicted octanol–water partition coefficient (Wildman–Crippen LogP) is -0.173. The molecule has 3 saturated heterocycles. The number of carbonyl (C=O) groups excluding carboxylic acids is 9. The summed E-state index contributed by atoms with van der Waals surface area (Å²) in [6, 6.07) is -5.48. The van der Waals surface area contributed by atoms with Gasteiger partial charge in [0.25, 0.3) is 0 Å². The van der Waals surface area contributed by atoms with Crippen molar-refractivity contribution >= 4 is 66.6 Å². The lowest BCUT2D eigenvalue weighted by molar-refractivity contribution is -0.270. The predicted molar refractivity (Wildman–Crippen MR) is 380 cm³/mol. The van der Waals surface area contributed by atoms with Crippen molar-refractivity contribution in [2.75, 3.05) is 59.3 Å². The summed E-state index contributed by atoms with van der Waals surface area (Å²) >= 11 is 0. The third-order valence-corrected chi connectivity index (χ3v) is 21.1. The summed E-state index contributed by atoms with van der Waals surface area (Å²) in [6.07, 6.45) is -0.969. The van der Waals surface area contributed by atoms with Crippen LogP contribution in [0.15, 0.2) is 0 Å². The van der Waals surface area contributed by atoms with Gasteiger partial charge in [-0.1, -0.05) is 65.6 Å². The van der Waals surface area contributed by atoms with Crippen molar-refractivity contribution in [3.63, 3.8) is 0 Å². The fourth-order valence-corrected chi connectivity index (χ4v) is 12.8. The van der Waals surface area contributed by atoms with Crippen LogP contribution in [-0.4, -0.2) is 279 Å².